The highest BCUT2D eigenvalue weighted by atomic mass is 32.2. The molecule has 5 nitrogen and oxygen atoms in total. The Labute approximate surface area is 142 Å². The van der Waals surface area contributed by atoms with E-state index in [1.54, 1.807) is 41.2 Å². The fourth-order valence-corrected chi connectivity index (χ4v) is 3.41. The minimum atomic E-state index is -3.62. The first-order valence-corrected chi connectivity index (χ1v) is 9.09. The second-order valence-electron chi connectivity index (χ2n) is 5.81. The van der Waals surface area contributed by atoms with Crippen LogP contribution in [-0.2, 0) is 16.6 Å². The van der Waals surface area contributed by atoms with Gasteiger partial charge in [-0.05, 0) is 31.5 Å². The molecule has 124 valence electrons. The van der Waals surface area contributed by atoms with Gasteiger partial charge in [-0.15, -0.1) is 0 Å². The molecule has 0 aliphatic rings. The fraction of sp³-hybridized carbons (Fsp3) is 0.167. The van der Waals surface area contributed by atoms with Crippen molar-refractivity contribution in [3.8, 4) is 0 Å². The van der Waals surface area contributed by atoms with E-state index in [4.69, 9.17) is 0 Å². The van der Waals surface area contributed by atoms with E-state index in [0.29, 0.717) is 12.4 Å². The summed E-state index contributed by atoms with van der Waals surface area (Å²) in [5.74, 6) is 0.309. The van der Waals surface area contributed by atoms with Crippen LogP contribution in [0.15, 0.2) is 65.7 Å². The second-order valence-corrected chi connectivity index (χ2v) is 7.49. The van der Waals surface area contributed by atoms with Gasteiger partial charge in [0.2, 0.25) is 0 Å². The molecule has 24 heavy (non-hydrogen) atoms. The second kappa shape index (κ2) is 6.49. The number of nitrogens with zero attached hydrogens (tertiary/aromatic N) is 2. The largest absolute Gasteiger partial charge is 0.266 e. The number of nitrogens with one attached hydrogen (secondary N) is 1. The molecule has 0 aliphatic heterocycles. The maximum Gasteiger partial charge on any atom is 0.263 e. The maximum absolute atomic E-state index is 12.4. The lowest BCUT2D eigenvalue weighted by Gasteiger charge is -2.06. The van der Waals surface area contributed by atoms with Gasteiger partial charge in [-0.25, -0.2) is 8.42 Å². The minimum Gasteiger partial charge on any atom is -0.266 e. The van der Waals surface area contributed by atoms with E-state index in [0.717, 1.165) is 11.1 Å². The van der Waals surface area contributed by atoms with Gasteiger partial charge in [0.25, 0.3) is 10.0 Å². The standard InChI is InChI=1S/C18H19N3O2S/c1-14-6-8-17(9-7-14)24(22,23)20-18-10-11-21(19-18)13-16-5-3-4-15(2)12-16/h3-12H,13H2,1-2H3,(H,19,20). The molecule has 0 fully saturated rings. The average molecular weight is 341 g/mol. The van der Waals surface area contributed by atoms with E-state index in [1.165, 1.54) is 5.56 Å². The van der Waals surface area contributed by atoms with Gasteiger partial charge in [0, 0.05) is 12.3 Å². The molecular weight excluding hydrogens is 322 g/mol. The number of hydrogen-bond donors (Lipinski definition) is 1. The van der Waals surface area contributed by atoms with Crippen molar-refractivity contribution in [2.75, 3.05) is 4.72 Å². The Morgan fingerprint density at radius 2 is 1.75 bits per heavy atom. The zero-order valence-corrected chi connectivity index (χ0v) is 14.4. The predicted octanol–water partition coefficient (Wildman–Crippen LogP) is 3.35. The Hall–Kier alpha value is -2.60. The van der Waals surface area contributed by atoms with Crippen LogP contribution in [0, 0.1) is 13.8 Å². The van der Waals surface area contributed by atoms with Gasteiger partial charge in [-0.3, -0.25) is 9.40 Å². The van der Waals surface area contributed by atoms with Crippen molar-refractivity contribution in [1.29, 1.82) is 0 Å². The van der Waals surface area contributed by atoms with E-state index in [2.05, 4.69) is 15.9 Å². The molecular formula is C18H19N3O2S. The van der Waals surface area contributed by atoms with E-state index >= 15 is 0 Å². The van der Waals surface area contributed by atoms with Crippen LogP contribution in [0.5, 0.6) is 0 Å². The first-order valence-electron chi connectivity index (χ1n) is 7.61. The molecule has 0 bridgehead atoms. The number of sulfonamides is 1. The van der Waals surface area contributed by atoms with E-state index in [-0.39, 0.29) is 4.90 Å². The summed E-state index contributed by atoms with van der Waals surface area (Å²) in [5.41, 5.74) is 3.31. The lowest BCUT2D eigenvalue weighted by Crippen LogP contribution is -2.13. The van der Waals surface area contributed by atoms with Crippen LogP contribution in [0.2, 0.25) is 0 Å². The number of anilines is 1. The molecule has 0 saturated heterocycles. The van der Waals surface area contributed by atoms with Gasteiger partial charge in [0.1, 0.15) is 0 Å². The highest BCUT2D eigenvalue weighted by Crippen LogP contribution is 2.15. The fourth-order valence-electron chi connectivity index (χ4n) is 2.42. The van der Waals surface area contributed by atoms with E-state index in [1.807, 2.05) is 32.0 Å². The van der Waals surface area contributed by atoms with Crippen molar-refractivity contribution < 1.29 is 8.42 Å². The molecule has 0 aliphatic carbocycles. The molecule has 3 aromatic rings. The third kappa shape index (κ3) is 3.83. The van der Waals surface area contributed by atoms with Crippen LogP contribution < -0.4 is 4.72 Å². The van der Waals surface area contributed by atoms with E-state index in [9.17, 15) is 8.42 Å². The molecule has 1 heterocycles. The number of hydrogen-bond acceptors (Lipinski definition) is 3. The quantitative estimate of drug-likeness (QED) is 0.774. The predicted molar refractivity (Wildman–Crippen MR) is 94.5 cm³/mol. The lowest BCUT2D eigenvalue weighted by molar-refractivity contribution is 0.600. The highest BCUT2D eigenvalue weighted by Gasteiger charge is 2.15. The topological polar surface area (TPSA) is 64.0 Å². The molecule has 1 N–H and O–H groups in total. The molecule has 0 saturated carbocycles. The average Bonchev–Trinajstić information content (AvgIpc) is 2.94. The third-order valence-electron chi connectivity index (χ3n) is 3.64. The summed E-state index contributed by atoms with van der Waals surface area (Å²) in [6.45, 7) is 4.54. The summed E-state index contributed by atoms with van der Waals surface area (Å²) in [4.78, 5) is 0.223. The maximum atomic E-state index is 12.4. The molecule has 3 rings (SSSR count). The first-order chi connectivity index (χ1) is 11.4. The van der Waals surface area contributed by atoms with Crippen LogP contribution in [0.3, 0.4) is 0 Å². The number of aryl methyl sites for hydroxylation is 2. The van der Waals surface area contributed by atoms with Crippen LogP contribution in [-0.4, -0.2) is 18.2 Å². The Kier molecular flexibility index (Phi) is 4.40. The van der Waals surface area contributed by atoms with Gasteiger partial charge < -0.3 is 0 Å². The van der Waals surface area contributed by atoms with E-state index < -0.39 is 10.0 Å². The summed E-state index contributed by atoms with van der Waals surface area (Å²) in [6, 6.07) is 16.5. The molecule has 6 heteroatoms. The summed E-state index contributed by atoms with van der Waals surface area (Å²) in [6.07, 6.45) is 1.76. The number of benzene rings is 2. The van der Waals surface area contributed by atoms with Crippen LogP contribution in [0.25, 0.3) is 0 Å². The van der Waals surface area contributed by atoms with Crippen molar-refractivity contribution in [2.24, 2.45) is 0 Å². The van der Waals surface area contributed by atoms with Crippen molar-refractivity contribution >= 4 is 15.8 Å². The van der Waals surface area contributed by atoms with Gasteiger partial charge in [-0.1, -0.05) is 47.5 Å². The van der Waals surface area contributed by atoms with Crippen LogP contribution in [0.4, 0.5) is 5.82 Å². The van der Waals surface area contributed by atoms with Gasteiger partial charge >= 0.3 is 0 Å². The van der Waals surface area contributed by atoms with Crippen molar-refractivity contribution in [2.45, 2.75) is 25.3 Å². The zero-order valence-electron chi connectivity index (χ0n) is 13.6. The Bertz CT molecular complexity index is 944. The smallest absolute Gasteiger partial charge is 0.263 e. The molecule has 0 spiro atoms. The molecule has 1 aromatic heterocycles. The highest BCUT2D eigenvalue weighted by molar-refractivity contribution is 7.92. The Morgan fingerprint density at radius 3 is 2.46 bits per heavy atom. The summed E-state index contributed by atoms with van der Waals surface area (Å²) in [5, 5.41) is 4.29. The first kappa shape index (κ1) is 16.3. The molecule has 0 radical (unpaired) electrons. The lowest BCUT2D eigenvalue weighted by atomic mass is 10.1. The van der Waals surface area contributed by atoms with Crippen LogP contribution in [0.1, 0.15) is 16.7 Å². The van der Waals surface area contributed by atoms with Crippen molar-refractivity contribution in [1.82, 2.24) is 9.78 Å². The molecule has 2 aromatic carbocycles. The molecule has 0 unspecified atom stereocenters. The van der Waals surface area contributed by atoms with Gasteiger partial charge in [-0.2, -0.15) is 5.10 Å². The van der Waals surface area contributed by atoms with Crippen LogP contribution >= 0.6 is 0 Å². The van der Waals surface area contributed by atoms with Crippen molar-refractivity contribution in [3.63, 3.8) is 0 Å². The molecule has 0 atom stereocenters. The zero-order chi connectivity index (χ0) is 17.2. The Morgan fingerprint density at radius 1 is 1.00 bits per heavy atom. The summed E-state index contributed by atoms with van der Waals surface area (Å²) < 4.78 is 29.0. The minimum absolute atomic E-state index is 0.223. The normalized spacial score (nSPS) is 11.4. The van der Waals surface area contributed by atoms with Gasteiger partial charge in [0.05, 0.1) is 11.4 Å². The monoisotopic (exact) mass is 341 g/mol. The van der Waals surface area contributed by atoms with Crippen molar-refractivity contribution in [3.05, 3.63) is 77.5 Å². The number of aromatic nitrogens is 2. The Balaban J connectivity index is 1.75. The molecule has 0 amide bonds. The summed E-state index contributed by atoms with van der Waals surface area (Å²) >= 11 is 0. The third-order valence-corrected chi connectivity index (χ3v) is 5.01. The summed E-state index contributed by atoms with van der Waals surface area (Å²) in [7, 11) is -3.62. The number of rotatable bonds is 5. The SMILES string of the molecule is Cc1ccc(S(=O)(=O)Nc2ccn(Cc3cccc(C)c3)n2)cc1. The van der Waals surface area contributed by atoms with Gasteiger partial charge in [0.15, 0.2) is 5.82 Å².